The molecule has 1 rings (SSSR count). The third kappa shape index (κ3) is 3.50. The molecule has 0 spiro atoms. The smallest absolute Gasteiger partial charge is 0.305 e. The highest BCUT2D eigenvalue weighted by atomic mass is 16.4. The maximum Gasteiger partial charge on any atom is 0.305 e. The van der Waals surface area contributed by atoms with Gasteiger partial charge in [0.05, 0.1) is 6.42 Å². The molecule has 1 aromatic rings. The van der Waals surface area contributed by atoms with Gasteiger partial charge in [0.2, 0.25) is 5.95 Å². The van der Waals surface area contributed by atoms with E-state index in [0.29, 0.717) is 5.95 Å². The van der Waals surface area contributed by atoms with Crippen molar-refractivity contribution in [2.75, 3.05) is 5.32 Å². The molecule has 5 heteroatoms. The maximum absolute atomic E-state index is 10.3. The predicted octanol–water partition coefficient (Wildman–Crippen LogP) is 0.752. The summed E-state index contributed by atoms with van der Waals surface area (Å²) in [4.78, 5) is 18.1. The highest BCUT2D eigenvalue weighted by molar-refractivity contribution is 5.67. The second kappa shape index (κ2) is 4.39. The van der Waals surface area contributed by atoms with Crippen molar-refractivity contribution in [1.29, 1.82) is 0 Å². The van der Waals surface area contributed by atoms with Crippen molar-refractivity contribution in [3.05, 3.63) is 18.5 Å². The Bertz CT molecular complexity index is 276. The second-order valence-corrected chi connectivity index (χ2v) is 2.72. The van der Waals surface area contributed by atoms with Crippen LogP contribution in [0.1, 0.15) is 13.3 Å². The van der Waals surface area contributed by atoms with Crippen molar-refractivity contribution < 1.29 is 9.90 Å². The third-order valence-electron chi connectivity index (χ3n) is 1.42. The number of hydrogen-bond donors (Lipinski definition) is 2. The van der Waals surface area contributed by atoms with E-state index in [1.165, 1.54) is 0 Å². The molecule has 0 radical (unpaired) electrons. The van der Waals surface area contributed by atoms with Crippen molar-refractivity contribution in [1.82, 2.24) is 9.97 Å². The van der Waals surface area contributed by atoms with Crippen LogP contribution in [0.5, 0.6) is 0 Å². The molecule has 13 heavy (non-hydrogen) atoms. The molecule has 70 valence electrons. The first-order valence-corrected chi connectivity index (χ1v) is 3.94. The molecule has 0 saturated heterocycles. The lowest BCUT2D eigenvalue weighted by Gasteiger charge is -2.09. The van der Waals surface area contributed by atoms with E-state index >= 15 is 0 Å². The van der Waals surface area contributed by atoms with Crippen LogP contribution in [0, 0.1) is 0 Å². The molecule has 0 amide bonds. The number of rotatable bonds is 4. The number of nitrogens with zero attached hydrogens (tertiary/aromatic N) is 2. The van der Waals surface area contributed by atoms with E-state index in [9.17, 15) is 4.79 Å². The van der Waals surface area contributed by atoms with Gasteiger partial charge in [0.15, 0.2) is 0 Å². The molecule has 0 unspecified atom stereocenters. The summed E-state index contributed by atoms with van der Waals surface area (Å²) in [5.74, 6) is -0.382. The van der Waals surface area contributed by atoms with Crippen LogP contribution < -0.4 is 5.32 Å². The molecular weight excluding hydrogens is 170 g/mol. The van der Waals surface area contributed by atoms with E-state index in [1.807, 2.05) is 0 Å². The van der Waals surface area contributed by atoms with Gasteiger partial charge in [-0.3, -0.25) is 4.79 Å². The molecule has 2 N–H and O–H groups in total. The Balaban J connectivity index is 2.45. The van der Waals surface area contributed by atoms with Gasteiger partial charge in [0.25, 0.3) is 0 Å². The molecule has 0 fully saturated rings. The van der Waals surface area contributed by atoms with Crippen molar-refractivity contribution in [2.45, 2.75) is 19.4 Å². The normalized spacial score (nSPS) is 12.1. The highest BCUT2D eigenvalue weighted by Crippen LogP contribution is 2.00. The minimum Gasteiger partial charge on any atom is -0.481 e. The zero-order valence-corrected chi connectivity index (χ0v) is 7.27. The molecule has 0 saturated carbocycles. The Kier molecular flexibility index (Phi) is 3.19. The Morgan fingerprint density at radius 1 is 1.62 bits per heavy atom. The van der Waals surface area contributed by atoms with E-state index < -0.39 is 5.97 Å². The molecule has 1 aromatic heterocycles. The molecule has 0 aromatic carbocycles. The number of aliphatic carboxylic acids is 1. The minimum atomic E-state index is -0.837. The number of carbonyl (C=O) groups is 1. The summed E-state index contributed by atoms with van der Waals surface area (Å²) in [6.07, 6.45) is 3.25. The summed E-state index contributed by atoms with van der Waals surface area (Å²) < 4.78 is 0. The molecule has 0 bridgehead atoms. The minimum absolute atomic E-state index is 0.0538. The second-order valence-electron chi connectivity index (χ2n) is 2.72. The molecule has 0 aliphatic heterocycles. The summed E-state index contributed by atoms with van der Waals surface area (Å²) in [5.41, 5.74) is 0. The van der Waals surface area contributed by atoms with Crippen LogP contribution in [0.3, 0.4) is 0 Å². The fourth-order valence-corrected chi connectivity index (χ4v) is 0.907. The quantitative estimate of drug-likeness (QED) is 0.717. The Morgan fingerprint density at radius 2 is 2.23 bits per heavy atom. The van der Waals surface area contributed by atoms with Crippen LogP contribution in [0.25, 0.3) is 0 Å². The fraction of sp³-hybridized carbons (Fsp3) is 0.375. The fourth-order valence-electron chi connectivity index (χ4n) is 0.907. The highest BCUT2D eigenvalue weighted by Gasteiger charge is 2.07. The van der Waals surface area contributed by atoms with Crippen LogP contribution >= 0.6 is 0 Å². The topological polar surface area (TPSA) is 75.1 Å². The summed E-state index contributed by atoms with van der Waals surface area (Å²) in [6, 6.07) is 1.53. The van der Waals surface area contributed by atoms with Gasteiger partial charge in [0, 0.05) is 18.4 Å². The Labute approximate surface area is 75.8 Å². The summed E-state index contributed by atoms with van der Waals surface area (Å²) in [5, 5.41) is 11.4. The van der Waals surface area contributed by atoms with Crippen LogP contribution in [0.2, 0.25) is 0 Å². The average Bonchev–Trinajstić information content (AvgIpc) is 2.04. The first-order valence-electron chi connectivity index (χ1n) is 3.94. The lowest BCUT2D eigenvalue weighted by Crippen LogP contribution is -2.20. The summed E-state index contributed by atoms with van der Waals surface area (Å²) in [6.45, 7) is 1.77. The van der Waals surface area contributed by atoms with Crippen molar-refractivity contribution >= 4 is 11.9 Å². The van der Waals surface area contributed by atoms with Gasteiger partial charge in [-0.05, 0) is 13.0 Å². The van der Waals surface area contributed by atoms with E-state index in [4.69, 9.17) is 5.11 Å². The number of carboxylic acids is 1. The molecule has 0 aliphatic rings. The monoisotopic (exact) mass is 181 g/mol. The first-order chi connectivity index (χ1) is 6.18. The number of hydrogen-bond acceptors (Lipinski definition) is 4. The third-order valence-corrected chi connectivity index (χ3v) is 1.42. The SMILES string of the molecule is C[C@H](CC(=O)O)Nc1ncccn1. The van der Waals surface area contributed by atoms with Crippen molar-refractivity contribution in [3.8, 4) is 0 Å². The first kappa shape index (κ1) is 9.44. The van der Waals surface area contributed by atoms with Crippen LogP contribution in [0.15, 0.2) is 18.5 Å². The van der Waals surface area contributed by atoms with Gasteiger partial charge >= 0.3 is 5.97 Å². The van der Waals surface area contributed by atoms with Gasteiger partial charge in [-0.15, -0.1) is 0 Å². The average molecular weight is 181 g/mol. The van der Waals surface area contributed by atoms with Gasteiger partial charge in [-0.2, -0.15) is 0 Å². The summed E-state index contributed by atoms with van der Waals surface area (Å²) in [7, 11) is 0. The lowest BCUT2D eigenvalue weighted by atomic mass is 10.2. The predicted molar refractivity (Wildman–Crippen MR) is 47.4 cm³/mol. The van der Waals surface area contributed by atoms with E-state index in [2.05, 4.69) is 15.3 Å². The largest absolute Gasteiger partial charge is 0.481 e. The molecule has 1 heterocycles. The van der Waals surface area contributed by atoms with Crippen LogP contribution in [0.4, 0.5) is 5.95 Å². The van der Waals surface area contributed by atoms with E-state index in [0.717, 1.165) is 0 Å². The van der Waals surface area contributed by atoms with Crippen molar-refractivity contribution in [3.63, 3.8) is 0 Å². The van der Waals surface area contributed by atoms with E-state index in [-0.39, 0.29) is 12.5 Å². The van der Waals surface area contributed by atoms with Gasteiger partial charge in [-0.1, -0.05) is 0 Å². The number of carboxylic acid groups (broad SMARTS) is 1. The molecule has 0 aliphatic carbocycles. The van der Waals surface area contributed by atoms with Crippen molar-refractivity contribution in [2.24, 2.45) is 0 Å². The lowest BCUT2D eigenvalue weighted by molar-refractivity contribution is -0.137. The van der Waals surface area contributed by atoms with Crippen LogP contribution in [-0.2, 0) is 4.79 Å². The molecule has 1 atom stereocenters. The zero-order valence-electron chi connectivity index (χ0n) is 7.27. The zero-order chi connectivity index (χ0) is 9.68. The molecule has 5 nitrogen and oxygen atoms in total. The number of anilines is 1. The Morgan fingerprint density at radius 3 is 2.77 bits per heavy atom. The summed E-state index contributed by atoms with van der Waals surface area (Å²) >= 11 is 0. The number of aromatic nitrogens is 2. The van der Waals surface area contributed by atoms with E-state index in [1.54, 1.807) is 25.4 Å². The Hall–Kier alpha value is -1.65. The molecular formula is C8H11N3O2. The number of nitrogens with one attached hydrogen (secondary N) is 1. The van der Waals surface area contributed by atoms with Gasteiger partial charge in [-0.25, -0.2) is 9.97 Å². The van der Waals surface area contributed by atoms with Gasteiger partial charge < -0.3 is 10.4 Å². The van der Waals surface area contributed by atoms with Crippen LogP contribution in [-0.4, -0.2) is 27.1 Å². The maximum atomic E-state index is 10.3. The van der Waals surface area contributed by atoms with Gasteiger partial charge in [0.1, 0.15) is 0 Å². The standard InChI is InChI=1S/C8H11N3O2/c1-6(5-7(12)13)11-8-9-3-2-4-10-8/h2-4,6H,5H2,1H3,(H,12,13)(H,9,10,11)/t6-/m1/s1.